The summed E-state index contributed by atoms with van der Waals surface area (Å²) >= 11 is 0. The van der Waals surface area contributed by atoms with E-state index in [4.69, 9.17) is 23.7 Å². The number of fused-ring (bicyclic) bond motifs is 7. The van der Waals surface area contributed by atoms with E-state index in [1.807, 2.05) is 60.0 Å². The molecule has 2 amide bonds. The van der Waals surface area contributed by atoms with Crippen molar-refractivity contribution in [1.29, 1.82) is 0 Å². The summed E-state index contributed by atoms with van der Waals surface area (Å²) in [6.07, 6.45) is 14.2. The van der Waals surface area contributed by atoms with Crippen LogP contribution < -0.4 is 29.9 Å². The first-order valence-electron chi connectivity index (χ1n) is 35.5. The van der Waals surface area contributed by atoms with E-state index in [0.29, 0.717) is 38.0 Å². The fourth-order valence-corrected chi connectivity index (χ4v) is 21.5. The van der Waals surface area contributed by atoms with E-state index in [-0.39, 0.29) is 75.6 Å². The molecule has 2 bridgehead atoms. The average Bonchev–Trinajstić information content (AvgIpc) is 1.54. The number of likely N-dealkylation sites (N-methyl/N-ethyl adjacent to an activating group) is 2. The fourth-order valence-electron chi connectivity index (χ4n) is 21.5. The van der Waals surface area contributed by atoms with E-state index in [0.717, 1.165) is 109 Å². The molecule has 20 heteroatoms. The quantitative estimate of drug-likeness (QED) is 0.0425. The Hall–Kier alpha value is -7.23. The molecular formula is C79H110N8O12. The highest BCUT2D eigenvalue weighted by atomic mass is 16.6. The molecular weight excluding hydrogens is 1250 g/mol. The zero-order valence-electron chi connectivity index (χ0n) is 59.3. The van der Waals surface area contributed by atoms with Crippen molar-refractivity contribution in [3.63, 3.8) is 0 Å². The fraction of sp³-hybridized carbons (Fsp3) is 0.608. The molecule has 4 fully saturated rings. The first-order chi connectivity index (χ1) is 46.3. The molecule has 3 unspecified atom stereocenters. The van der Waals surface area contributed by atoms with Gasteiger partial charge in [-0.05, 0) is 98.8 Å². The summed E-state index contributed by atoms with van der Waals surface area (Å²) in [5.74, 6) is -0.811. The Morgan fingerprint density at radius 1 is 0.677 bits per heavy atom. The van der Waals surface area contributed by atoms with Gasteiger partial charge in [0.25, 0.3) is 0 Å². The number of aliphatic hydroxyl groups is 2. The predicted octanol–water partition coefficient (Wildman–Crippen LogP) is 8.91. The van der Waals surface area contributed by atoms with Gasteiger partial charge in [-0.1, -0.05) is 124 Å². The number of para-hydroxylation sites is 1. The maximum atomic E-state index is 15.4. The minimum atomic E-state index is -1.74. The van der Waals surface area contributed by atoms with E-state index in [1.54, 1.807) is 14.2 Å². The van der Waals surface area contributed by atoms with Crippen LogP contribution in [0.3, 0.4) is 0 Å². The minimum Gasteiger partial charge on any atom is -0.497 e. The molecule has 8 aliphatic heterocycles. The number of aromatic amines is 1. The van der Waals surface area contributed by atoms with Gasteiger partial charge in [-0.25, -0.2) is 0 Å². The summed E-state index contributed by atoms with van der Waals surface area (Å²) in [7, 11) is 8.80. The number of ether oxygens (including phenoxy) is 5. The van der Waals surface area contributed by atoms with Gasteiger partial charge in [-0.2, -0.15) is 0 Å². The molecule has 15 atom stereocenters. The molecule has 3 aromatic carbocycles. The molecule has 5 N–H and O–H groups in total. The molecule has 1 aromatic heterocycles. The molecule has 538 valence electrons. The highest BCUT2D eigenvalue weighted by molar-refractivity contribution is 5.94. The number of nitrogens with one attached hydrogen (secondary N) is 3. The van der Waals surface area contributed by atoms with Crippen molar-refractivity contribution in [3.05, 3.63) is 118 Å². The van der Waals surface area contributed by atoms with Crippen molar-refractivity contribution in [1.82, 2.24) is 30.3 Å². The molecule has 2 saturated heterocycles. The van der Waals surface area contributed by atoms with Gasteiger partial charge in [0.05, 0.1) is 46.5 Å². The lowest BCUT2D eigenvalue weighted by Gasteiger charge is -2.64. The number of benzene rings is 3. The lowest BCUT2D eigenvalue weighted by Crippen LogP contribution is -2.81. The topological polar surface area (TPSA) is 228 Å². The van der Waals surface area contributed by atoms with Crippen LogP contribution in [0, 0.1) is 28.6 Å². The number of carbonyl (C=O) groups excluding carboxylic acids is 5. The van der Waals surface area contributed by atoms with Gasteiger partial charge in [-0.3, -0.25) is 38.7 Å². The SMILES string of the molecule is C.C.CCC1=C[C@@H]2CN(CCc3c([nH]c4ccccc34)[C@@](C(=O)OC)(c3cc4c(cc3OC)N(C)[C@H]3[C@@](O)(CNC(=O)C(C)C)[C@H](OC(C)=O)[C@]5(CC)C=CCN6CC[C@]43C65)C2)C1.CC[C@]12C=CCN3CC[C@@]4(c5ccc(OC)cc5N(C)[C@H]4[C@@](O)(CNC(=O)C(C)C)[C@@H]1OC(C)=O)C32. The largest absolute Gasteiger partial charge is 0.497 e. The third-order valence-corrected chi connectivity index (χ3v) is 25.0. The Kier molecular flexibility index (Phi) is 19.6. The van der Waals surface area contributed by atoms with Crippen LogP contribution in [0.4, 0.5) is 11.4 Å². The van der Waals surface area contributed by atoms with E-state index >= 15 is 4.79 Å². The Balaban J connectivity index is 0.000000223. The number of amides is 2. The lowest BCUT2D eigenvalue weighted by atomic mass is 9.47. The third-order valence-electron chi connectivity index (χ3n) is 25.0. The molecule has 14 rings (SSSR count). The molecule has 10 aliphatic rings. The smallest absolute Gasteiger partial charge is 0.322 e. The second-order valence-corrected chi connectivity index (χ2v) is 30.3. The Bertz CT molecular complexity index is 3900. The molecule has 20 nitrogen and oxygen atoms in total. The first kappa shape index (κ1) is 73.0. The van der Waals surface area contributed by atoms with Crippen molar-refractivity contribution >= 4 is 52.0 Å². The zero-order chi connectivity index (χ0) is 69.3. The van der Waals surface area contributed by atoms with Gasteiger partial charge in [0.15, 0.2) is 0 Å². The first-order valence-corrected chi connectivity index (χ1v) is 35.5. The van der Waals surface area contributed by atoms with E-state index in [1.165, 1.54) is 32.1 Å². The van der Waals surface area contributed by atoms with Gasteiger partial charge in [0.1, 0.15) is 40.3 Å². The summed E-state index contributed by atoms with van der Waals surface area (Å²) in [6, 6.07) is 17.6. The average molecular weight is 1360 g/mol. The molecule has 9 heterocycles. The lowest BCUT2D eigenvalue weighted by molar-refractivity contribution is -0.217. The maximum Gasteiger partial charge on any atom is 0.322 e. The monoisotopic (exact) mass is 1360 g/mol. The predicted molar refractivity (Wildman–Crippen MR) is 385 cm³/mol. The standard InChI is InChI=1S/C49H63N5O7.C28H39N3O5.2CH4/c1-9-31-22-32-25-48(45(57)60-8,40-34(16-20-53(26-31)27-32)33-14-11-12-15-37(33)51-40)36-23-35-38(24-39(36)59-7)52(6)43-47(35)18-21-54-19-13-17-46(10-2,42(47)54)44(61-30(5)55)49(43,58)28-50-41(56)29(3)4;1-7-26-11-8-13-31-14-12-27(23(26)31)20-10-9-19(35-6)15-21(20)30(5)24(27)28(34,25(26)36-18(4)32)16-29-22(33)17(2)3;;/h11-15,17,22-24,29,32,42-44,51,58H,9-10,16,18-21,25-28H2,1-8H3,(H,50,56);8-11,15,17,23-25,34H,7,12-14,16H2,1-6H3,(H,29,33);2*1H4/t32-,42?,43+,44+,46+,47+,48-,49-;23?,24-,25-,26-,27-,28+;;/m01../s1. The van der Waals surface area contributed by atoms with Gasteiger partial charge in [-0.15, -0.1) is 0 Å². The normalized spacial score (nSPS) is 34.0. The molecule has 2 saturated carbocycles. The molecule has 99 heavy (non-hydrogen) atoms. The summed E-state index contributed by atoms with van der Waals surface area (Å²) in [6.45, 7) is 22.2. The van der Waals surface area contributed by atoms with Crippen LogP contribution in [0.5, 0.6) is 11.5 Å². The third kappa shape index (κ3) is 10.5. The number of hydrogen-bond donors (Lipinski definition) is 5. The summed E-state index contributed by atoms with van der Waals surface area (Å²) in [4.78, 5) is 82.9. The number of nitrogens with zero attached hydrogens (tertiary/aromatic N) is 5. The van der Waals surface area contributed by atoms with Crippen LogP contribution in [-0.2, 0) is 60.8 Å². The van der Waals surface area contributed by atoms with Gasteiger partial charge < -0.3 is 59.3 Å². The second-order valence-electron chi connectivity index (χ2n) is 30.3. The highest BCUT2D eigenvalue weighted by Gasteiger charge is 2.80. The number of H-pyrrole nitrogens is 1. The van der Waals surface area contributed by atoms with Gasteiger partial charge in [0, 0.05) is 152 Å². The highest BCUT2D eigenvalue weighted by Crippen LogP contribution is 2.70. The summed E-state index contributed by atoms with van der Waals surface area (Å²) in [5.41, 5.74) is 1.94. The molecule has 0 radical (unpaired) electrons. The Labute approximate surface area is 586 Å². The number of rotatable bonds is 15. The number of carbonyl (C=O) groups is 5. The number of anilines is 2. The number of methoxy groups -OCH3 is 3. The summed E-state index contributed by atoms with van der Waals surface area (Å²) < 4.78 is 30.5. The second kappa shape index (κ2) is 26.6. The number of esters is 3. The van der Waals surface area contributed by atoms with Crippen molar-refractivity contribution in [2.45, 2.75) is 186 Å². The maximum absolute atomic E-state index is 15.4. The zero-order valence-corrected chi connectivity index (χ0v) is 59.3. The van der Waals surface area contributed by atoms with Crippen LogP contribution in [0.25, 0.3) is 10.9 Å². The molecule has 2 aliphatic carbocycles. The number of aromatic nitrogens is 1. The van der Waals surface area contributed by atoms with E-state index in [9.17, 15) is 29.4 Å². The van der Waals surface area contributed by atoms with Crippen LogP contribution in [-0.4, -0.2) is 202 Å². The van der Waals surface area contributed by atoms with E-state index < -0.39 is 74.5 Å². The van der Waals surface area contributed by atoms with Gasteiger partial charge >= 0.3 is 17.9 Å². The van der Waals surface area contributed by atoms with Gasteiger partial charge in [0.2, 0.25) is 11.8 Å². The summed E-state index contributed by atoms with van der Waals surface area (Å²) in [5, 5.41) is 33.8. The van der Waals surface area contributed by atoms with Crippen LogP contribution in [0.15, 0.2) is 90.6 Å². The van der Waals surface area contributed by atoms with Crippen molar-refractivity contribution < 1.29 is 57.9 Å². The minimum absolute atomic E-state index is 0. The Morgan fingerprint density at radius 2 is 1.22 bits per heavy atom. The van der Waals surface area contributed by atoms with Crippen molar-refractivity contribution in [3.8, 4) is 11.5 Å². The molecule has 4 aromatic rings. The number of hydrogen-bond acceptors (Lipinski definition) is 17. The molecule has 2 spiro atoms. The van der Waals surface area contributed by atoms with Crippen LogP contribution >= 0.6 is 0 Å². The van der Waals surface area contributed by atoms with Crippen LogP contribution in [0.2, 0.25) is 0 Å². The Morgan fingerprint density at radius 3 is 1.73 bits per heavy atom. The van der Waals surface area contributed by atoms with E-state index in [2.05, 4.69) is 128 Å². The van der Waals surface area contributed by atoms with Crippen LogP contribution in [0.1, 0.15) is 144 Å². The van der Waals surface area contributed by atoms with Crippen molar-refractivity contribution in [2.24, 2.45) is 28.6 Å². The van der Waals surface area contributed by atoms with Crippen molar-refractivity contribution in [2.75, 3.05) is 104 Å².